The van der Waals surface area contributed by atoms with Gasteiger partial charge in [0.05, 0.1) is 16.5 Å². The first-order valence-electron chi connectivity index (χ1n) is 5.65. The molecule has 1 aromatic carbocycles. The first kappa shape index (κ1) is 15.4. The van der Waals surface area contributed by atoms with Crippen molar-refractivity contribution in [1.82, 2.24) is 5.32 Å². The van der Waals surface area contributed by atoms with Gasteiger partial charge in [0.15, 0.2) is 0 Å². The van der Waals surface area contributed by atoms with E-state index < -0.39 is 27.9 Å². The highest BCUT2D eigenvalue weighted by Gasteiger charge is 2.27. The van der Waals surface area contributed by atoms with Gasteiger partial charge in [-0.05, 0) is 25.5 Å². The Bertz CT molecular complexity index is 504. The van der Waals surface area contributed by atoms with Crippen LogP contribution in [0.2, 0.25) is 0 Å². The number of nitrogens with one attached hydrogen (secondary N) is 1. The highest BCUT2D eigenvalue weighted by Crippen LogP contribution is 2.21. The van der Waals surface area contributed by atoms with Gasteiger partial charge in [0.1, 0.15) is 11.4 Å². The zero-order chi connectivity index (χ0) is 14.6. The van der Waals surface area contributed by atoms with E-state index in [0.29, 0.717) is 6.42 Å². The molecule has 1 amide bonds. The molecular formula is C12H14ClFN2O3. The fraction of sp³-hybridized carbons (Fsp3) is 0.417. The molecule has 0 aliphatic carbocycles. The Morgan fingerprint density at radius 3 is 2.68 bits per heavy atom. The molecule has 1 atom stereocenters. The van der Waals surface area contributed by atoms with E-state index >= 15 is 0 Å². The quantitative estimate of drug-likeness (QED) is 0.514. The molecule has 0 aliphatic rings. The number of hydrogen-bond donors (Lipinski definition) is 1. The normalized spacial score (nSPS) is 13.7. The highest BCUT2D eigenvalue weighted by atomic mass is 35.5. The third-order valence-corrected chi connectivity index (χ3v) is 3.48. The Kier molecular flexibility index (Phi) is 4.83. The van der Waals surface area contributed by atoms with Gasteiger partial charge in [-0.15, -0.1) is 11.6 Å². The van der Waals surface area contributed by atoms with Crippen molar-refractivity contribution in [3.05, 3.63) is 39.7 Å². The third-order valence-electron chi connectivity index (χ3n) is 2.89. The first-order valence-corrected chi connectivity index (χ1v) is 6.19. The third kappa shape index (κ3) is 3.64. The minimum Gasteiger partial charge on any atom is -0.345 e. The molecule has 7 heteroatoms. The van der Waals surface area contributed by atoms with Crippen LogP contribution >= 0.6 is 11.6 Å². The van der Waals surface area contributed by atoms with Crippen LogP contribution in [0.1, 0.15) is 30.6 Å². The van der Waals surface area contributed by atoms with E-state index in [9.17, 15) is 19.3 Å². The molecule has 104 valence electrons. The number of halogens is 2. The number of alkyl halides is 1. The number of carbonyl (C=O) groups excluding carboxylic acids is 1. The molecule has 0 aromatic heterocycles. The predicted octanol–water partition coefficient (Wildman–Crippen LogP) is 2.87. The second-order valence-electron chi connectivity index (χ2n) is 4.42. The number of nitro benzene ring substituents is 1. The summed E-state index contributed by atoms with van der Waals surface area (Å²) in [6, 6.07) is 2.82. The number of nitro groups is 1. The van der Waals surface area contributed by atoms with Crippen molar-refractivity contribution < 1.29 is 14.1 Å². The molecule has 0 heterocycles. The summed E-state index contributed by atoms with van der Waals surface area (Å²) in [5.74, 6) is -1.24. The van der Waals surface area contributed by atoms with Gasteiger partial charge in [-0.2, -0.15) is 0 Å². The summed E-state index contributed by atoms with van der Waals surface area (Å²) in [5, 5.41) is 13.4. The largest absolute Gasteiger partial charge is 0.345 e. The maximum absolute atomic E-state index is 13.0. The summed E-state index contributed by atoms with van der Waals surface area (Å²) in [4.78, 5) is 22.0. The maximum Gasteiger partial charge on any atom is 0.285 e. The minimum absolute atomic E-state index is 0.171. The molecule has 1 unspecified atom stereocenters. The molecule has 0 radical (unpaired) electrons. The maximum atomic E-state index is 13.0. The summed E-state index contributed by atoms with van der Waals surface area (Å²) in [6.45, 7) is 3.56. The fourth-order valence-electron chi connectivity index (χ4n) is 1.41. The first-order chi connectivity index (χ1) is 8.83. The minimum atomic E-state index is -0.790. The van der Waals surface area contributed by atoms with Crippen molar-refractivity contribution in [3.8, 4) is 0 Å². The van der Waals surface area contributed by atoms with E-state index in [4.69, 9.17) is 11.6 Å². The molecule has 1 aromatic rings. The zero-order valence-electron chi connectivity index (χ0n) is 10.6. The van der Waals surface area contributed by atoms with Gasteiger partial charge in [-0.3, -0.25) is 14.9 Å². The Morgan fingerprint density at radius 2 is 2.21 bits per heavy atom. The monoisotopic (exact) mass is 288 g/mol. The van der Waals surface area contributed by atoms with Crippen molar-refractivity contribution in [2.24, 2.45) is 0 Å². The van der Waals surface area contributed by atoms with Gasteiger partial charge in [-0.25, -0.2) is 4.39 Å². The summed E-state index contributed by atoms with van der Waals surface area (Å²) in [7, 11) is 0. The Hall–Kier alpha value is -1.69. The van der Waals surface area contributed by atoms with E-state index in [-0.39, 0.29) is 11.4 Å². The second kappa shape index (κ2) is 5.97. The number of carbonyl (C=O) groups is 1. The number of nitrogens with zero attached hydrogens (tertiary/aromatic N) is 1. The van der Waals surface area contributed by atoms with E-state index in [2.05, 4.69) is 5.32 Å². The standard InChI is InChI=1S/C12H14ClFN2O3/c1-3-12(2,7-13)15-11(17)9-5-4-8(14)6-10(9)16(18)19/h4-6H,3,7H2,1-2H3,(H,15,17). The number of rotatable bonds is 5. The lowest BCUT2D eigenvalue weighted by Crippen LogP contribution is -2.47. The van der Waals surface area contributed by atoms with Crippen molar-refractivity contribution in [1.29, 1.82) is 0 Å². The zero-order valence-corrected chi connectivity index (χ0v) is 11.3. The van der Waals surface area contributed by atoms with E-state index in [1.165, 1.54) is 0 Å². The SMILES string of the molecule is CCC(C)(CCl)NC(=O)c1ccc(F)cc1[N+](=O)[O-]. The second-order valence-corrected chi connectivity index (χ2v) is 4.69. The van der Waals surface area contributed by atoms with Crippen molar-refractivity contribution >= 4 is 23.2 Å². The van der Waals surface area contributed by atoms with Gasteiger partial charge in [0.25, 0.3) is 11.6 Å². The van der Waals surface area contributed by atoms with E-state index in [1.54, 1.807) is 6.92 Å². The number of hydrogen-bond acceptors (Lipinski definition) is 3. The molecular weight excluding hydrogens is 275 g/mol. The molecule has 19 heavy (non-hydrogen) atoms. The van der Waals surface area contributed by atoms with Crippen LogP contribution in [0.25, 0.3) is 0 Å². The van der Waals surface area contributed by atoms with Crippen LogP contribution in [0.3, 0.4) is 0 Å². The van der Waals surface area contributed by atoms with Crippen LogP contribution in [0, 0.1) is 15.9 Å². The van der Waals surface area contributed by atoms with Crippen LogP contribution < -0.4 is 5.32 Å². The summed E-state index contributed by atoms with van der Waals surface area (Å²) in [6.07, 6.45) is 0.567. The van der Waals surface area contributed by atoms with Crippen LogP contribution in [0.4, 0.5) is 10.1 Å². The topological polar surface area (TPSA) is 72.2 Å². The average Bonchev–Trinajstić information content (AvgIpc) is 2.38. The van der Waals surface area contributed by atoms with Gasteiger partial charge >= 0.3 is 0 Å². The highest BCUT2D eigenvalue weighted by molar-refractivity contribution is 6.18. The van der Waals surface area contributed by atoms with Crippen molar-refractivity contribution in [2.45, 2.75) is 25.8 Å². The van der Waals surface area contributed by atoms with E-state index in [1.807, 2.05) is 6.92 Å². The summed E-state index contributed by atoms with van der Waals surface area (Å²) < 4.78 is 13.0. The fourth-order valence-corrected chi connectivity index (χ4v) is 1.66. The number of benzene rings is 1. The molecule has 0 spiro atoms. The summed E-state index contributed by atoms with van der Waals surface area (Å²) in [5.41, 5.74) is -1.41. The predicted molar refractivity (Wildman–Crippen MR) is 69.9 cm³/mol. The van der Waals surface area contributed by atoms with Crippen LogP contribution in [-0.2, 0) is 0 Å². The Labute approximate surface area is 114 Å². The smallest absolute Gasteiger partial charge is 0.285 e. The van der Waals surface area contributed by atoms with Gasteiger partial charge < -0.3 is 5.32 Å². The molecule has 0 aliphatic heterocycles. The Morgan fingerprint density at radius 1 is 1.58 bits per heavy atom. The Balaban J connectivity index is 3.10. The van der Waals surface area contributed by atoms with Gasteiger partial charge in [-0.1, -0.05) is 6.92 Å². The van der Waals surface area contributed by atoms with Crippen molar-refractivity contribution in [3.63, 3.8) is 0 Å². The lowest BCUT2D eigenvalue weighted by atomic mass is 10.0. The van der Waals surface area contributed by atoms with Crippen LogP contribution in [0.5, 0.6) is 0 Å². The summed E-state index contributed by atoms with van der Waals surface area (Å²) >= 11 is 5.76. The van der Waals surface area contributed by atoms with Crippen LogP contribution in [0.15, 0.2) is 18.2 Å². The van der Waals surface area contributed by atoms with Gasteiger partial charge in [0.2, 0.25) is 0 Å². The van der Waals surface area contributed by atoms with E-state index in [0.717, 1.165) is 18.2 Å². The molecule has 0 fully saturated rings. The molecule has 0 saturated heterocycles. The van der Waals surface area contributed by atoms with Crippen LogP contribution in [-0.4, -0.2) is 22.2 Å². The molecule has 0 saturated carbocycles. The molecule has 5 nitrogen and oxygen atoms in total. The van der Waals surface area contributed by atoms with Gasteiger partial charge in [0, 0.05) is 5.88 Å². The lowest BCUT2D eigenvalue weighted by Gasteiger charge is -2.26. The molecule has 1 N–H and O–H groups in total. The van der Waals surface area contributed by atoms with Crippen molar-refractivity contribution in [2.75, 3.05) is 5.88 Å². The number of amides is 1. The molecule has 1 rings (SSSR count). The molecule has 0 bridgehead atoms. The lowest BCUT2D eigenvalue weighted by molar-refractivity contribution is -0.385. The average molecular weight is 289 g/mol.